The van der Waals surface area contributed by atoms with E-state index in [4.69, 9.17) is 11.5 Å². The van der Waals surface area contributed by atoms with E-state index < -0.39 is 0 Å². The molecule has 1 heterocycles. The average Bonchev–Trinajstić information content (AvgIpc) is 2.32. The Kier molecular flexibility index (Phi) is 2.98. The molecule has 0 aliphatic carbocycles. The van der Waals surface area contributed by atoms with Gasteiger partial charge in [0.15, 0.2) is 0 Å². The average molecular weight is 215 g/mol. The minimum absolute atomic E-state index is 0.265. The fourth-order valence-corrected chi connectivity index (χ4v) is 1.35. The van der Waals surface area contributed by atoms with Crippen LogP contribution in [0.4, 0.5) is 17.3 Å². The summed E-state index contributed by atoms with van der Waals surface area (Å²) in [5, 5.41) is 3.17. The fraction of sp³-hybridized carbons (Fsp3) is 0.0909. The maximum absolute atomic E-state index is 5.56. The summed E-state index contributed by atoms with van der Waals surface area (Å²) in [7, 11) is 0. The lowest BCUT2D eigenvalue weighted by Crippen LogP contribution is -1.99. The van der Waals surface area contributed by atoms with Gasteiger partial charge in [0.2, 0.25) is 5.95 Å². The van der Waals surface area contributed by atoms with Crippen molar-refractivity contribution >= 4 is 17.3 Å². The summed E-state index contributed by atoms with van der Waals surface area (Å²) in [4.78, 5) is 7.79. The first-order valence-corrected chi connectivity index (χ1v) is 4.91. The number of anilines is 3. The number of nitrogen functional groups attached to an aromatic ring is 1. The molecule has 2 aromatic rings. The third-order valence-electron chi connectivity index (χ3n) is 2.12. The van der Waals surface area contributed by atoms with Crippen LogP contribution in [0.2, 0.25) is 0 Å². The summed E-state index contributed by atoms with van der Waals surface area (Å²) in [6.45, 7) is 0.522. The van der Waals surface area contributed by atoms with E-state index in [0.29, 0.717) is 6.54 Å². The summed E-state index contributed by atoms with van der Waals surface area (Å²) in [6, 6.07) is 7.86. The molecule has 0 aliphatic heterocycles. The molecular formula is C11H13N5. The van der Waals surface area contributed by atoms with E-state index in [1.165, 1.54) is 0 Å². The topological polar surface area (TPSA) is 89.8 Å². The number of hydrogen-bond acceptors (Lipinski definition) is 5. The molecule has 2 rings (SSSR count). The largest absolute Gasteiger partial charge is 0.368 e. The quantitative estimate of drug-likeness (QED) is 0.717. The highest BCUT2D eigenvalue weighted by molar-refractivity contribution is 5.58. The van der Waals surface area contributed by atoms with Crippen LogP contribution in [0.5, 0.6) is 0 Å². The number of aromatic nitrogens is 2. The minimum atomic E-state index is 0.265. The number of nitrogens with zero attached hydrogens (tertiary/aromatic N) is 2. The molecule has 1 aromatic carbocycles. The van der Waals surface area contributed by atoms with Gasteiger partial charge >= 0.3 is 0 Å². The molecule has 5 nitrogen and oxygen atoms in total. The van der Waals surface area contributed by atoms with Crippen LogP contribution in [0.15, 0.2) is 36.7 Å². The molecule has 0 amide bonds. The van der Waals surface area contributed by atoms with Crippen molar-refractivity contribution in [3.8, 4) is 0 Å². The molecule has 0 saturated carbocycles. The van der Waals surface area contributed by atoms with Gasteiger partial charge in [0.25, 0.3) is 0 Å². The number of hydrogen-bond donors (Lipinski definition) is 3. The number of nitrogens with two attached hydrogens (primary N) is 2. The number of benzene rings is 1. The van der Waals surface area contributed by atoms with Gasteiger partial charge in [0, 0.05) is 12.2 Å². The van der Waals surface area contributed by atoms with E-state index in [1.54, 1.807) is 12.4 Å². The van der Waals surface area contributed by atoms with Gasteiger partial charge in [-0.25, -0.2) is 9.97 Å². The monoisotopic (exact) mass is 215 g/mol. The first-order chi connectivity index (χ1) is 7.78. The van der Waals surface area contributed by atoms with Gasteiger partial charge in [-0.15, -0.1) is 0 Å². The normalized spacial score (nSPS) is 10.1. The highest BCUT2D eigenvalue weighted by Crippen LogP contribution is 2.16. The SMILES string of the molecule is NCc1cccc(Nc2cnc(N)nc2)c1. The van der Waals surface area contributed by atoms with Crippen molar-refractivity contribution in [3.63, 3.8) is 0 Å². The maximum Gasteiger partial charge on any atom is 0.220 e. The molecule has 5 heteroatoms. The van der Waals surface area contributed by atoms with Crippen molar-refractivity contribution < 1.29 is 0 Å². The van der Waals surface area contributed by atoms with Gasteiger partial charge in [-0.3, -0.25) is 0 Å². The van der Waals surface area contributed by atoms with Crippen LogP contribution >= 0.6 is 0 Å². The van der Waals surface area contributed by atoms with Crippen molar-refractivity contribution in [1.82, 2.24) is 9.97 Å². The summed E-state index contributed by atoms with van der Waals surface area (Å²) >= 11 is 0. The van der Waals surface area contributed by atoms with Gasteiger partial charge in [-0.1, -0.05) is 12.1 Å². The molecule has 16 heavy (non-hydrogen) atoms. The second-order valence-electron chi connectivity index (χ2n) is 3.36. The lowest BCUT2D eigenvalue weighted by Gasteiger charge is -2.06. The molecule has 5 N–H and O–H groups in total. The fourth-order valence-electron chi connectivity index (χ4n) is 1.35. The minimum Gasteiger partial charge on any atom is -0.368 e. The zero-order chi connectivity index (χ0) is 11.4. The van der Waals surface area contributed by atoms with Gasteiger partial charge < -0.3 is 16.8 Å². The van der Waals surface area contributed by atoms with E-state index >= 15 is 0 Å². The molecule has 0 aliphatic rings. The Bertz CT molecular complexity index is 466. The Hall–Kier alpha value is -2.14. The predicted octanol–water partition coefficient (Wildman–Crippen LogP) is 1.26. The van der Waals surface area contributed by atoms with Crippen LogP contribution in [-0.2, 0) is 6.54 Å². The number of nitrogens with one attached hydrogen (secondary N) is 1. The van der Waals surface area contributed by atoms with Crippen molar-refractivity contribution in [3.05, 3.63) is 42.2 Å². The zero-order valence-electron chi connectivity index (χ0n) is 8.72. The van der Waals surface area contributed by atoms with Crippen LogP contribution in [0.3, 0.4) is 0 Å². The Labute approximate surface area is 93.5 Å². The van der Waals surface area contributed by atoms with Gasteiger partial charge in [0.05, 0.1) is 18.1 Å². The standard InChI is InChI=1S/C11H13N5/c12-5-8-2-1-3-9(4-8)16-10-6-14-11(13)15-7-10/h1-4,6-7,16H,5,12H2,(H2,13,14,15). The first kappa shape index (κ1) is 10.4. The maximum atomic E-state index is 5.56. The lowest BCUT2D eigenvalue weighted by molar-refractivity contribution is 1.07. The second-order valence-corrected chi connectivity index (χ2v) is 3.36. The molecule has 0 radical (unpaired) electrons. The Morgan fingerprint density at radius 2 is 1.88 bits per heavy atom. The van der Waals surface area contributed by atoms with Crippen LogP contribution in [0, 0.1) is 0 Å². The van der Waals surface area contributed by atoms with E-state index in [-0.39, 0.29) is 5.95 Å². The highest BCUT2D eigenvalue weighted by Gasteiger charge is 1.97. The van der Waals surface area contributed by atoms with E-state index in [1.807, 2.05) is 24.3 Å². The predicted molar refractivity (Wildman–Crippen MR) is 64.1 cm³/mol. The summed E-state index contributed by atoms with van der Waals surface area (Å²) in [5.74, 6) is 0.265. The van der Waals surface area contributed by atoms with Crippen LogP contribution < -0.4 is 16.8 Å². The van der Waals surface area contributed by atoms with E-state index in [2.05, 4.69) is 15.3 Å². The lowest BCUT2D eigenvalue weighted by atomic mass is 10.2. The first-order valence-electron chi connectivity index (χ1n) is 4.91. The Morgan fingerprint density at radius 3 is 2.56 bits per heavy atom. The van der Waals surface area contributed by atoms with Crippen molar-refractivity contribution in [1.29, 1.82) is 0 Å². The van der Waals surface area contributed by atoms with Crippen molar-refractivity contribution in [2.45, 2.75) is 6.54 Å². The molecule has 0 fully saturated rings. The molecule has 1 aromatic heterocycles. The molecular weight excluding hydrogens is 202 g/mol. The van der Waals surface area contributed by atoms with Crippen LogP contribution in [0.25, 0.3) is 0 Å². The molecule has 0 unspecified atom stereocenters. The Morgan fingerprint density at radius 1 is 1.12 bits per heavy atom. The summed E-state index contributed by atoms with van der Waals surface area (Å²) < 4.78 is 0. The van der Waals surface area contributed by atoms with Crippen LogP contribution in [-0.4, -0.2) is 9.97 Å². The zero-order valence-corrected chi connectivity index (χ0v) is 8.72. The van der Waals surface area contributed by atoms with E-state index in [9.17, 15) is 0 Å². The molecule has 82 valence electrons. The van der Waals surface area contributed by atoms with Crippen molar-refractivity contribution in [2.24, 2.45) is 5.73 Å². The molecule has 0 saturated heterocycles. The van der Waals surface area contributed by atoms with Crippen LogP contribution in [0.1, 0.15) is 5.56 Å². The third-order valence-corrected chi connectivity index (χ3v) is 2.12. The second kappa shape index (κ2) is 4.59. The van der Waals surface area contributed by atoms with Gasteiger partial charge in [-0.05, 0) is 17.7 Å². The Balaban J connectivity index is 2.16. The summed E-state index contributed by atoms with van der Waals surface area (Å²) in [6.07, 6.45) is 3.27. The smallest absolute Gasteiger partial charge is 0.220 e. The molecule has 0 bridgehead atoms. The van der Waals surface area contributed by atoms with Crippen molar-refractivity contribution in [2.75, 3.05) is 11.1 Å². The van der Waals surface area contributed by atoms with E-state index in [0.717, 1.165) is 16.9 Å². The third kappa shape index (κ3) is 2.46. The highest BCUT2D eigenvalue weighted by atomic mass is 15.0. The molecule has 0 atom stereocenters. The van der Waals surface area contributed by atoms with Gasteiger partial charge in [-0.2, -0.15) is 0 Å². The van der Waals surface area contributed by atoms with Gasteiger partial charge in [0.1, 0.15) is 0 Å². The summed E-state index contributed by atoms with van der Waals surface area (Å²) in [5.41, 5.74) is 13.8. The molecule has 0 spiro atoms. The number of rotatable bonds is 3.